The second-order valence-corrected chi connectivity index (χ2v) is 7.81. The Balaban J connectivity index is 1.44. The Bertz CT molecular complexity index is 904. The predicted octanol–water partition coefficient (Wildman–Crippen LogP) is 2.01. The molecular formula is C21H28N6O2. The van der Waals surface area contributed by atoms with Crippen molar-refractivity contribution in [3.05, 3.63) is 41.2 Å². The molecule has 0 bridgehead atoms. The third kappa shape index (κ3) is 4.31. The lowest BCUT2D eigenvalue weighted by atomic mass is 10.1. The van der Waals surface area contributed by atoms with Gasteiger partial charge in [-0.1, -0.05) is 0 Å². The number of hydrogen-bond donors (Lipinski definition) is 0. The van der Waals surface area contributed by atoms with Gasteiger partial charge in [-0.25, -0.2) is 9.97 Å². The molecule has 154 valence electrons. The quantitative estimate of drug-likeness (QED) is 0.715. The highest BCUT2D eigenvalue weighted by Crippen LogP contribution is 2.38. The minimum Gasteiger partial charge on any atom is -0.337 e. The van der Waals surface area contributed by atoms with Crippen LogP contribution in [0.1, 0.15) is 66.5 Å². The summed E-state index contributed by atoms with van der Waals surface area (Å²) in [6.45, 7) is 6.51. The maximum atomic E-state index is 13.0. The molecule has 1 aliphatic heterocycles. The molecule has 2 aromatic rings. The van der Waals surface area contributed by atoms with Gasteiger partial charge in [-0.3, -0.25) is 14.3 Å². The van der Waals surface area contributed by atoms with Crippen LogP contribution in [0, 0.1) is 0 Å². The minimum atomic E-state index is -0.136. The average molecular weight is 396 g/mol. The molecule has 29 heavy (non-hydrogen) atoms. The number of hydrogen-bond acceptors (Lipinski definition) is 5. The molecule has 3 heterocycles. The molecule has 2 amide bonds. The van der Waals surface area contributed by atoms with E-state index in [9.17, 15) is 9.59 Å². The fourth-order valence-corrected chi connectivity index (χ4v) is 3.72. The summed E-state index contributed by atoms with van der Waals surface area (Å²) in [6.07, 6.45) is 9.25. The van der Waals surface area contributed by atoms with Gasteiger partial charge >= 0.3 is 0 Å². The molecular weight excluding hydrogens is 368 g/mol. The summed E-state index contributed by atoms with van der Waals surface area (Å²) in [4.78, 5) is 38.4. The van der Waals surface area contributed by atoms with Gasteiger partial charge in [0.1, 0.15) is 12.4 Å². The van der Waals surface area contributed by atoms with Crippen molar-refractivity contribution >= 4 is 11.8 Å². The summed E-state index contributed by atoms with van der Waals surface area (Å²) in [7, 11) is 0. The Kier molecular flexibility index (Phi) is 5.60. The fourth-order valence-electron chi connectivity index (χ4n) is 3.72. The van der Waals surface area contributed by atoms with E-state index in [1.54, 1.807) is 22.2 Å². The maximum absolute atomic E-state index is 13.0. The van der Waals surface area contributed by atoms with Crippen molar-refractivity contribution in [2.45, 2.75) is 58.5 Å². The molecule has 1 aliphatic carbocycles. The molecule has 0 N–H and O–H groups in total. The van der Waals surface area contributed by atoms with Crippen molar-refractivity contribution in [1.29, 1.82) is 0 Å². The van der Waals surface area contributed by atoms with Crippen LogP contribution in [-0.4, -0.2) is 61.0 Å². The van der Waals surface area contributed by atoms with E-state index in [0.717, 1.165) is 49.3 Å². The second-order valence-electron chi connectivity index (χ2n) is 7.81. The van der Waals surface area contributed by atoms with Gasteiger partial charge in [-0.15, -0.1) is 0 Å². The van der Waals surface area contributed by atoms with Gasteiger partial charge in [0.25, 0.3) is 5.91 Å². The number of fused-ring (bicyclic) bond motifs is 1. The summed E-state index contributed by atoms with van der Waals surface area (Å²) >= 11 is 0. The van der Waals surface area contributed by atoms with Crippen LogP contribution in [0.5, 0.6) is 0 Å². The fraction of sp³-hybridized carbons (Fsp3) is 0.571. The molecule has 1 fully saturated rings. The third-order valence-electron chi connectivity index (χ3n) is 5.63. The molecule has 0 spiro atoms. The molecule has 0 unspecified atom stereocenters. The van der Waals surface area contributed by atoms with Crippen LogP contribution < -0.4 is 0 Å². The van der Waals surface area contributed by atoms with E-state index in [0.29, 0.717) is 31.1 Å². The minimum absolute atomic E-state index is 0.0518. The molecule has 0 radical (unpaired) electrons. The highest BCUT2D eigenvalue weighted by Gasteiger charge is 2.30. The molecule has 2 aromatic heterocycles. The van der Waals surface area contributed by atoms with Crippen molar-refractivity contribution < 1.29 is 9.59 Å². The van der Waals surface area contributed by atoms with Gasteiger partial charge < -0.3 is 9.80 Å². The van der Waals surface area contributed by atoms with Crippen LogP contribution in [0.15, 0.2) is 18.6 Å². The normalized spacial score (nSPS) is 16.5. The van der Waals surface area contributed by atoms with Gasteiger partial charge in [0.2, 0.25) is 5.91 Å². The Hall–Kier alpha value is -2.77. The Morgan fingerprint density at radius 2 is 2.10 bits per heavy atom. The molecule has 0 saturated heterocycles. The first-order valence-electron chi connectivity index (χ1n) is 10.5. The van der Waals surface area contributed by atoms with E-state index in [-0.39, 0.29) is 18.4 Å². The Morgan fingerprint density at radius 1 is 1.28 bits per heavy atom. The van der Waals surface area contributed by atoms with Gasteiger partial charge in [-0.05, 0) is 39.5 Å². The van der Waals surface area contributed by atoms with Crippen LogP contribution in [0.4, 0.5) is 0 Å². The zero-order valence-electron chi connectivity index (χ0n) is 17.2. The van der Waals surface area contributed by atoms with Crippen LogP contribution in [0.2, 0.25) is 0 Å². The number of aryl methyl sites for hydroxylation is 2. The molecule has 4 rings (SSSR count). The van der Waals surface area contributed by atoms with Crippen molar-refractivity contribution in [1.82, 2.24) is 29.5 Å². The van der Waals surface area contributed by atoms with E-state index in [1.165, 1.54) is 0 Å². The van der Waals surface area contributed by atoms with E-state index in [1.807, 2.05) is 24.7 Å². The van der Waals surface area contributed by atoms with E-state index < -0.39 is 0 Å². The summed E-state index contributed by atoms with van der Waals surface area (Å²) < 4.78 is 1.85. The number of amides is 2. The maximum Gasteiger partial charge on any atom is 0.257 e. The van der Waals surface area contributed by atoms with E-state index >= 15 is 0 Å². The van der Waals surface area contributed by atoms with Crippen molar-refractivity contribution in [3.63, 3.8) is 0 Å². The van der Waals surface area contributed by atoms with Crippen molar-refractivity contribution in [2.75, 3.05) is 19.6 Å². The van der Waals surface area contributed by atoms with Crippen LogP contribution >= 0.6 is 0 Å². The molecule has 8 nitrogen and oxygen atoms in total. The monoisotopic (exact) mass is 396 g/mol. The molecule has 8 heteroatoms. The van der Waals surface area contributed by atoms with Crippen LogP contribution in [0.25, 0.3) is 0 Å². The van der Waals surface area contributed by atoms with Crippen LogP contribution in [0.3, 0.4) is 0 Å². The zero-order chi connectivity index (χ0) is 20.4. The molecule has 2 aliphatic rings. The SMILES string of the molecule is CCN(Cc1cnn(CC)c1)C(=O)CN1CCCc2nc(C3CC3)ncc2C1=O. The number of likely N-dealkylation sites (N-methyl/N-ethyl adjacent to an activating group) is 1. The topological polar surface area (TPSA) is 84.2 Å². The summed E-state index contributed by atoms with van der Waals surface area (Å²) in [5, 5.41) is 4.27. The number of nitrogens with zero attached hydrogens (tertiary/aromatic N) is 6. The highest BCUT2D eigenvalue weighted by molar-refractivity contribution is 5.97. The number of rotatable bonds is 7. The number of aromatic nitrogens is 4. The number of carbonyl (C=O) groups is 2. The molecule has 0 atom stereocenters. The lowest BCUT2D eigenvalue weighted by Gasteiger charge is -2.25. The van der Waals surface area contributed by atoms with Crippen molar-refractivity contribution in [3.8, 4) is 0 Å². The first-order valence-corrected chi connectivity index (χ1v) is 10.5. The smallest absolute Gasteiger partial charge is 0.257 e. The van der Waals surface area contributed by atoms with Crippen molar-refractivity contribution in [2.24, 2.45) is 0 Å². The Labute approximate surface area is 170 Å². The standard InChI is InChI=1S/C21H28N6O2/c1-3-25(12-15-10-23-27(4-2)13-15)19(28)14-26-9-5-6-18-17(21(26)29)11-22-20(24-18)16-7-8-16/h10-11,13,16H,3-9,12,14H2,1-2H3. The number of carbonyl (C=O) groups excluding carboxylic acids is 2. The second kappa shape index (κ2) is 8.31. The lowest BCUT2D eigenvalue weighted by molar-refractivity contribution is -0.132. The Morgan fingerprint density at radius 3 is 2.79 bits per heavy atom. The first kappa shape index (κ1) is 19.5. The highest BCUT2D eigenvalue weighted by atomic mass is 16.2. The molecule has 1 saturated carbocycles. The van der Waals surface area contributed by atoms with Crippen LogP contribution in [-0.2, 0) is 24.3 Å². The first-order chi connectivity index (χ1) is 14.1. The van der Waals surface area contributed by atoms with Gasteiger partial charge in [-0.2, -0.15) is 5.10 Å². The summed E-state index contributed by atoms with van der Waals surface area (Å²) in [5.41, 5.74) is 2.38. The average Bonchev–Trinajstić information content (AvgIpc) is 3.50. The third-order valence-corrected chi connectivity index (χ3v) is 5.63. The predicted molar refractivity (Wildman–Crippen MR) is 107 cm³/mol. The zero-order valence-corrected chi connectivity index (χ0v) is 17.2. The summed E-state index contributed by atoms with van der Waals surface area (Å²) in [6, 6.07) is 0. The van der Waals surface area contributed by atoms with Gasteiger partial charge in [0.15, 0.2) is 0 Å². The van der Waals surface area contributed by atoms with E-state index in [2.05, 4.69) is 15.1 Å². The molecule has 0 aromatic carbocycles. The summed E-state index contributed by atoms with van der Waals surface area (Å²) in [5.74, 6) is 1.14. The van der Waals surface area contributed by atoms with Gasteiger partial charge in [0.05, 0.1) is 17.5 Å². The lowest BCUT2D eigenvalue weighted by Crippen LogP contribution is -2.42. The van der Waals surface area contributed by atoms with E-state index in [4.69, 9.17) is 0 Å². The van der Waals surface area contributed by atoms with Gasteiger partial charge in [0, 0.05) is 50.1 Å². The largest absolute Gasteiger partial charge is 0.337 e.